The van der Waals surface area contributed by atoms with E-state index in [0.29, 0.717) is 6.04 Å². The largest absolute Gasteiger partial charge is 0.354 e. The molecule has 2 N–H and O–H groups in total. The van der Waals surface area contributed by atoms with Crippen LogP contribution < -0.4 is 15.5 Å². The summed E-state index contributed by atoms with van der Waals surface area (Å²) in [4.78, 5) is 16.3. The van der Waals surface area contributed by atoms with Crippen molar-refractivity contribution in [3.05, 3.63) is 23.9 Å². The zero-order chi connectivity index (χ0) is 21.1. The van der Waals surface area contributed by atoms with Gasteiger partial charge in [0.05, 0.1) is 0 Å². The molecule has 1 aliphatic rings. The van der Waals surface area contributed by atoms with Crippen molar-refractivity contribution >= 4 is 35.8 Å². The predicted molar refractivity (Wildman–Crippen MR) is 139 cm³/mol. The first-order valence-electron chi connectivity index (χ1n) is 11.1. The molecule has 0 spiro atoms. The Balaban J connectivity index is 0.00000450. The van der Waals surface area contributed by atoms with Crippen LogP contribution in [0.15, 0.2) is 23.3 Å². The van der Waals surface area contributed by atoms with Crippen LogP contribution in [-0.4, -0.2) is 86.7 Å². The van der Waals surface area contributed by atoms with Gasteiger partial charge in [-0.1, -0.05) is 19.9 Å². The smallest absolute Gasteiger partial charge is 0.191 e. The Hall–Kier alpha value is -1.13. The second kappa shape index (κ2) is 14.8. The summed E-state index contributed by atoms with van der Waals surface area (Å²) in [5.41, 5.74) is 1.22. The minimum absolute atomic E-state index is 0. The molecule has 1 saturated heterocycles. The van der Waals surface area contributed by atoms with Gasteiger partial charge in [0, 0.05) is 57.6 Å². The van der Waals surface area contributed by atoms with Crippen molar-refractivity contribution < 1.29 is 0 Å². The molecule has 0 amide bonds. The quantitative estimate of drug-likeness (QED) is 0.275. The highest BCUT2D eigenvalue weighted by Crippen LogP contribution is 2.18. The summed E-state index contributed by atoms with van der Waals surface area (Å²) in [5, 5.41) is 7.01. The molecule has 1 aliphatic heterocycles. The van der Waals surface area contributed by atoms with Gasteiger partial charge in [-0.2, -0.15) is 0 Å². The normalized spacial score (nSPS) is 16.3. The number of piperazine rings is 1. The molecule has 8 heteroatoms. The van der Waals surface area contributed by atoms with Gasteiger partial charge in [0.15, 0.2) is 5.96 Å². The van der Waals surface area contributed by atoms with E-state index in [-0.39, 0.29) is 24.0 Å². The minimum Gasteiger partial charge on any atom is -0.354 e. The molecule has 1 aromatic rings. The minimum atomic E-state index is 0. The van der Waals surface area contributed by atoms with Crippen molar-refractivity contribution in [1.82, 2.24) is 25.4 Å². The lowest BCUT2D eigenvalue weighted by atomic mass is 10.2. The maximum atomic E-state index is 4.67. The van der Waals surface area contributed by atoms with E-state index >= 15 is 0 Å². The third kappa shape index (κ3) is 8.93. The molecular weight excluding hydrogens is 489 g/mol. The fourth-order valence-corrected chi connectivity index (χ4v) is 3.71. The van der Waals surface area contributed by atoms with E-state index in [4.69, 9.17) is 0 Å². The number of aromatic nitrogens is 1. The number of aliphatic imine (C=N–C) groups is 1. The number of guanidine groups is 1. The number of anilines is 1. The molecule has 0 radical (unpaired) electrons. The summed E-state index contributed by atoms with van der Waals surface area (Å²) in [6.45, 7) is 15.0. The fourth-order valence-electron chi connectivity index (χ4n) is 3.71. The monoisotopic (exact) mass is 531 g/mol. The number of rotatable bonds is 10. The van der Waals surface area contributed by atoms with Gasteiger partial charge in [-0.25, -0.2) is 4.98 Å². The molecule has 1 aromatic heterocycles. The zero-order valence-electron chi connectivity index (χ0n) is 19.5. The Morgan fingerprint density at radius 1 is 1.23 bits per heavy atom. The first kappa shape index (κ1) is 26.9. The van der Waals surface area contributed by atoms with Gasteiger partial charge in [-0.05, 0) is 52.5 Å². The number of hydrogen-bond donors (Lipinski definition) is 2. The topological polar surface area (TPSA) is 59.0 Å². The van der Waals surface area contributed by atoms with Crippen molar-refractivity contribution in [3.63, 3.8) is 0 Å². The third-order valence-corrected chi connectivity index (χ3v) is 5.73. The molecule has 0 aliphatic carbocycles. The van der Waals surface area contributed by atoms with Gasteiger partial charge >= 0.3 is 0 Å². The van der Waals surface area contributed by atoms with Crippen molar-refractivity contribution in [2.24, 2.45) is 4.99 Å². The maximum Gasteiger partial charge on any atom is 0.191 e. The lowest BCUT2D eigenvalue weighted by Gasteiger charge is -2.34. The average Bonchev–Trinajstić information content (AvgIpc) is 2.75. The molecule has 1 fully saturated rings. The standard InChI is InChI=1S/C22H41N7.HI/c1-6-28(7-2)13-9-10-19(3)26-22(23-4)25-18-20-11-8-12-24-21(20)29-16-14-27(5)15-17-29;/h8,11-12,19H,6-7,9-10,13-18H2,1-5H3,(H2,23,25,26);1H. The van der Waals surface area contributed by atoms with E-state index in [1.807, 2.05) is 19.3 Å². The summed E-state index contributed by atoms with van der Waals surface area (Å²) < 4.78 is 0. The molecule has 7 nitrogen and oxygen atoms in total. The summed E-state index contributed by atoms with van der Waals surface area (Å²) >= 11 is 0. The van der Waals surface area contributed by atoms with Gasteiger partial charge in [0.2, 0.25) is 0 Å². The van der Waals surface area contributed by atoms with E-state index in [2.05, 4.69) is 69.2 Å². The van der Waals surface area contributed by atoms with E-state index < -0.39 is 0 Å². The molecular formula is C22H42IN7. The molecule has 0 saturated carbocycles. The van der Waals surface area contributed by atoms with Crippen LogP contribution in [0, 0.1) is 0 Å². The van der Waals surface area contributed by atoms with E-state index in [0.717, 1.165) is 70.6 Å². The predicted octanol–water partition coefficient (Wildman–Crippen LogP) is 2.63. The molecule has 2 heterocycles. The fraction of sp³-hybridized carbons (Fsp3) is 0.727. The van der Waals surface area contributed by atoms with Crippen molar-refractivity contribution in [1.29, 1.82) is 0 Å². The van der Waals surface area contributed by atoms with Crippen LogP contribution in [0.25, 0.3) is 0 Å². The first-order valence-corrected chi connectivity index (χ1v) is 11.1. The number of likely N-dealkylation sites (N-methyl/N-ethyl adjacent to an activating group) is 1. The number of pyridine rings is 1. The summed E-state index contributed by atoms with van der Waals surface area (Å²) in [6.07, 6.45) is 4.22. The Morgan fingerprint density at radius 2 is 1.93 bits per heavy atom. The maximum absolute atomic E-state index is 4.67. The van der Waals surface area contributed by atoms with Crippen LogP contribution in [-0.2, 0) is 6.54 Å². The molecule has 1 unspecified atom stereocenters. The van der Waals surface area contributed by atoms with Crippen LogP contribution >= 0.6 is 24.0 Å². The molecule has 172 valence electrons. The van der Waals surface area contributed by atoms with Crippen LogP contribution in [0.4, 0.5) is 5.82 Å². The number of nitrogens with one attached hydrogen (secondary N) is 2. The van der Waals surface area contributed by atoms with Crippen LogP contribution in [0.2, 0.25) is 0 Å². The second-order valence-electron chi connectivity index (χ2n) is 7.92. The summed E-state index contributed by atoms with van der Waals surface area (Å²) in [5.74, 6) is 1.95. The highest BCUT2D eigenvalue weighted by atomic mass is 127. The number of nitrogens with zero attached hydrogens (tertiary/aromatic N) is 5. The highest BCUT2D eigenvalue weighted by molar-refractivity contribution is 14.0. The van der Waals surface area contributed by atoms with Crippen molar-refractivity contribution in [3.8, 4) is 0 Å². The van der Waals surface area contributed by atoms with Crippen LogP contribution in [0.3, 0.4) is 0 Å². The molecule has 2 rings (SSSR count). The summed E-state index contributed by atoms with van der Waals surface area (Å²) in [7, 11) is 4.01. The lowest BCUT2D eigenvalue weighted by Crippen LogP contribution is -2.45. The molecule has 1 atom stereocenters. The van der Waals surface area contributed by atoms with Crippen LogP contribution in [0.5, 0.6) is 0 Å². The first-order chi connectivity index (χ1) is 14.1. The van der Waals surface area contributed by atoms with Crippen LogP contribution in [0.1, 0.15) is 39.2 Å². The second-order valence-corrected chi connectivity index (χ2v) is 7.92. The lowest BCUT2D eigenvalue weighted by molar-refractivity contribution is 0.292. The zero-order valence-corrected chi connectivity index (χ0v) is 21.9. The Kier molecular flexibility index (Phi) is 13.3. The summed E-state index contributed by atoms with van der Waals surface area (Å²) in [6, 6.07) is 4.57. The van der Waals surface area contributed by atoms with E-state index in [1.165, 1.54) is 12.0 Å². The Labute approximate surface area is 200 Å². The Morgan fingerprint density at radius 3 is 2.57 bits per heavy atom. The van der Waals surface area contributed by atoms with Gasteiger partial charge in [-0.15, -0.1) is 24.0 Å². The van der Waals surface area contributed by atoms with Gasteiger partial charge < -0.3 is 25.3 Å². The van der Waals surface area contributed by atoms with E-state index in [1.54, 1.807) is 0 Å². The van der Waals surface area contributed by atoms with Gasteiger partial charge in [0.25, 0.3) is 0 Å². The Bertz CT molecular complexity index is 613. The molecule has 30 heavy (non-hydrogen) atoms. The van der Waals surface area contributed by atoms with Crippen molar-refractivity contribution in [2.45, 2.75) is 46.2 Å². The SMILES string of the molecule is CCN(CC)CCCC(C)NC(=NC)NCc1cccnc1N1CCN(C)CC1.I. The molecule has 0 bridgehead atoms. The van der Waals surface area contributed by atoms with Gasteiger partial charge in [-0.3, -0.25) is 4.99 Å². The number of halogens is 1. The van der Waals surface area contributed by atoms with Gasteiger partial charge in [0.1, 0.15) is 5.82 Å². The molecule has 0 aromatic carbocycles. The van der Waals surface area contributed by atoms with E-state index in [9.17, 15) is 0 Å². The highest BCUT2D eigenvalue weighted by Gasteiger charge is 2.18. The average molecular weight is 532 g/mol. The number of hydrogen-bond acceptors (Lipinski definition) is 5. The van der Waals surface area contributed by atoms with Crippen molar-refractivity contribution in [2.75, 3.05) is 64.8 Å². The third-order valence-electron chi connectivity index (χ3n) is 5.73.